The topological polar surface area (TPSA) is 33.7 Å². The zero-order chi connectivity index (χ0) is 13.0. The molecule has 1 aromatic rings. The molecule has 4 nitrogen and oxygen atoms in total. The molecule has 0 aliphatic carbocycles. The summed E-state index contributed by atoms with van der Waals surface area (Å²) in [5.41, 5.74) is 2.35. The minimum Gasteiger partial charge on any atom is -0.496 e. The first-order valence-corrected chi connectivity index (χ1v) is 6.35. The van der Waals surface area contributed by atoms with Crippen LogP contribution in [-0.2, 0) is 11.3 Å². The van der Waals surface area contributed by atoms with E-state index in [0.717, 1.165) is 37.6 Å². The lowest BCUT2D eigenvalue weighted by atomic mass is 10.0. The number of methoxy groups -OCH3 is 1. The highest BCUT2D eigenvalue weighted by atomic mass is 16.5. The third-order valence-electron chi connectivity index (χ3n) is 3.09. The highest BCUT2D eigenvalue weighted by molar-refractivity contribution is 5.43. The SMILES string of the molecule is COc1c(CN(C)C)cccc1C1CNCCO1. The number of benzene rings is 1. The van der Waals surface area contributed by atoms with Gasteiger partial charge < -0.3 is 19.7 Å². The summed E-state index contributed by atoms with van der Waals surface area (Å²) in [7, 11) is 5.85. The van der Waals surface area contributed by atoms with E-state index in [0.29, 0.717) is 0 Å². The van der Waals surface area contributed by atoms with Crippen LogP contribution in [0.25, 0.3) is 0 Å². The molecule has 1 heterocycles. The van der Waals surface area contributed by atoms with Crippen LogP contribution in [0.3, 0.4) is 0 Å². The molecule has 0 aromatic heterocycles. The Balaban J connectivity index is 2.28. The van der Waals surface area contributed by atoms with Gasteiger partial charge in [0.15, 0.2) is 0 Å². The molecule has 1 unspecified atom stereocenters. The molecular formula is C14H22N2O2. The third-order valence-corrected chi connectivity index (χ3v) is 3.09. The van der Waals surface area contributed by atoms with Crippen LogP contribution in [0.2, 0.25) is 0 Å². The Morgan fingerprint density at radius 1 is 1.44 bits per heavy atom. The van der Waals surface area contributed by atoms with Gasteiger partial charge in [0.1, 0.15) is 5.75 Å². The fourth-order valence-electron chi connectivity index (χ4n) is 2.34. The Morgan fingerprint density at radius 3 is 2.89 bits per heavy atom. The lowest BCUT2D eigenvalue weighted by Crippen LogP contribution is -2.33. The molecule has 0 saturated carbocycles. The van der Waals surface area contributed by atoms with E-state index in [9.17, 15) is 0 Å². The van der Waals surface area contributed by atoms with Crippen LogP contribution >= 0.6 is 0 Å². The summed E-state index contributed by atoms with van der Waals surface area (Å²) in [6, 6.07) is 6.28. The van der Waals surface area contributed by atoms with Crippen LogP contribution < -0.4 is 10.1 Å². The number of morpholine rings is 1. The maximum atomic E-state index is 5.81. The molecule has 1 N–H and O–H groups in total. The van der Waals surface area contributed by atoms with Gasteiger partial charge in [0.2, 0.25) is 0 Å². The number of rotatable bonds is 4. The first-order valence-electron chi connectivity index (χ1n) is 6.35. The van der Waals surface area contributed by atoms with Gasteiger partial charge in [0.25, 0.3) is 0 Å². The second-order valence-electron chi connectivity index (χ2n) is 4.84. The lowest BCUT2D eigenvalue weighted by Gasteiger charge is -2.26. The summed E-state index contributed by atoms with van der Waals surface area (Å²) in [5.74, 6) is 0.958. The first-order chi connectivity index (χ1) is 8.72. The maximum Gasteiger partial charge on any atom is 0.129 e. The molecule has 1 atom stereocenters. The van der Waals surface area contributed by atoms with Gasteiger partial charge in [-0.2, -0.15) is 0 Å². The molecule has 0 spiro atoms. The van der Waals surface area contributed by atoms with Crippen molar-refractivity contribution in [2.24, 2.45) is 0 Å². The average molecular weight is 250 g/mol. The van der Waals surface area contributed by atoms with Gasteiger partial charge in [-0.05, 0) is 14.1 Å². The Labute approximate surface area is 109 Å². The predicted molar refractivity (Wildman–Crippen MR) is 71.9 cm³/mol. The summed E-state index contributed by atoms with van der Waals surface area (Å²) in [6.45, 7) is 3.40. The molecule has 2 rings (SSSR count). The molecule has 0 amide bonds. The number of nitrogens with zero attached hydrogens (tertiary/aromatic N) is 1. The summed E-state index contributed by atoms with van der Waals surface area (Å²) in [6.07, 6.45) is 0.0933. The third kappa shape index (κ3) is 3.02. The quantitative estimate of drug-likeness (QED) is 0.876. The molecule has 0 radical (unpaired) electrons. The maximum absolute atomic E-state index is 5.81. The fourth-order valence-corrected chi connectivity index (χ4v) is 2.34. The zero-order valence-corrected chi connectivity index (χ0v) is 11.4. The second kappa shape index (κ2) is 6.18. The van der Waals surface area contributed by atoms with Crippen molar-refractivity contribution in [3.05, 3.63) is 29.3 Å². The Hall–Kier alpha value is -1.10. The first kappa shape index (κ1) is 13.3. The number of nitrogens with one attached hydrogen (secondary N) is 1. The molecule has 1 aliphatic heterocycles. The van der Waals surface area contributed by atoms with Crippen LogP contribution in [0.1, 0.15) is 17.2 Å². The second-order valence-corrected chi connectivity index (χ2v) is 4.84. The molecule has 18 heavy (non-hydrogen) atoms. The van der Waals surface area contributed by atoms with Gasteiger partial charge in [-0.1, -0.05) is 18.2 Å². The van der Waals surface area contributed by atoms with Crippen LogP contribution in [0, 0.1) is 0 Å². The largest absolute Gasteiger partial charge is 0.496 e. The van der Waals surface area contributed by atoms with Gasteiger partial charge >= 0.3 is 0 Å². The van der Waals surface area contributed by atoms with Gasteiger partial charge in [-0.15, -0.1) is 0 Å². The summed E-state index contributed by atoms with van der Waals surface area (Å²) in [5, 5.41) is 3.35. The average Bonchev–Trinajstić information content (AvgIpc) is 2.39. The summed E-state index contributed by atoms with van der Waals surface area (Å²) >= 11 is 0. The molecule has 100 valence electrons. The van der Waals surface area contributed by atoms with Crippen LogP contribution in [0.15, 0.2) is 18.2 Å². The van der Waals surface area contributed by atoms with Crippen molar-refractivity contribution < 1.29 is 9.47 Å². The van der Waals surface area contributed by atoms with Crippen molar-refractivity contribution in [3.63, 3.8) is 0 Å². The molecular weight excluding hydrogens is 228 g/mol. The van der Waals surface area contributed by atoms with E-state index < -0.39 is 0 Å². The standard InChI is InChI=1S/C14H22N2O2/c1-16(2)10-11-5-4-6-12(14(11)17-3)13-9-15-7-8-18-13/h4-6,13,15H,7-10H2,1-3H3. The van der Waals surface area contributed by atoms with E-state index in [1.807, 2.05) is 0 Å². The van der Waals surface area contributed by atoms with Gasteiger partial charge in [-0.25, -0.2) is 0 Å². The molecule has 1 aliphatic rings. The van der Waals surface area contributed by atoms with Crippen molar-refractivity contribution in [2.45, 2.75) is 12.6 Å². The van der Waals surface area contributed by atoms with Gasteiger partial charge in [0, 0.05) is 30.8 Å². The fraction of sp³-hybridized carbons (Fsp3) is 0.571. The number of hydrogen-bond acceptors (Lipinski definition) is 4. The highest BCUT2D eigenvalue weighted by Crippen LogP contribution is 2.32. The smallest absolute Gasteiger partial charge is 0.129 e. The van der Waals surface area contributed by atoms with Gasteiger partial charge in [-0.3, -0.25) is 0 Å². The monoisotopic (exact) mass is 250 g/mol. The zero-order valence-electron chi connectivity index (χ0n) is 11.4. The van der Waals surface area contributed by atoms with Crippen molar-refractivity contribution in [3.8, 4) is 5.75 Å². The Morgan fingerprint density at radius 2 is 2.28 bits per heavy atom. The van der Waals surface area contributed by atoms with E-state index in [-0.39, 0.29) is 6.10 Å². The number of para-hydroxylation sites is 1. The number of ether oxygens (including phenoxy) is 2. The molecule has 4 heteroatoms. The van der Waals surface area contributed by atoms with E-state index in [2.05, 4.69) is 42.5 Å². The lowest BCUT2D eigenvalue weighted by molar-refractivity contribution is 0.0261. The van der Waals surface area contributed by atoms with Gasteiger partial charge in [0.05, 0.1) is 19.8 Å². The van der Waals surface area contributed by atoms with Crippen molar-refractivity contribution >= 4 is 0 Å². The van der Waals surface area contributed by atoms with E-state index in [1.165, 1.54) is 5.56 Å². The molecule has 1 aromatic carbocycles. The van der Waals surface area contributed by atoms with Crippen LogP contribution in [-0.4, -0.2) is 45.8 Å². The number of hydrogen-bond donors (Lipinski definition) is 1. The van der Waals surface area contributed by atoms with Crippen molar-refractivity contribution in [2.75, 3.05) is 40.9 Å². The van der Waals surface area contributed by atoms with E-state index in [1.54, 1.807) is 7.11 Å². The molecule has 0 bridgehead atoms. The highest BCUT2D eigenvalue weighted by Gasteiger charge is 2.21. The Kier molecular flexibility index (Phi) is 4.58. The minimum atomic E-state index is 0.0933. The molecule has 1 saturated heterocycles. The van der Waals surface area contributed by atoms with E-state index in [4.69, 9.17) is 9.47 Å². The Bertz CT molecular complexity index is 387. The molecule has 1 fully saturated rings. The van der Waals surface area contributed by atoms with E-state index >= 15 is 0 Å². The van der Waals surface area contributed by atoms with Crippen molar-refractivity contribution in [1.82, 2.24) is 10.2 Å². The van der Waals surface area contributed by atoms with Crippen LogP contribution in [0.5, 0.6) is 5.75 Å². The normalized spacial score (nSPS) is 20.1. The summed E-state index contributed by atoms with van der Waals surface area (Å²) in [4.78, 5) is 2.14. The minimum absolute atomic E-state index is 0.0933. The van der Waals surface area contributed by atoms with Crippen molar-refractivity contribution in [1.29, 1.82) is 0 Å². The predicted octanol–water partition coefficient (Wildman–Crippen LogP) is 1.42. The van der Waals surface area contributed by atoms with Crippen LogP contribution in [0.4, 0.5) is 0 Å². The summed E-state index contributed by atoms with van der Waals surface area (Å²) < 4.78 is 11.4.